The zero-order chi connectivity index (χ0) is 82.9. The number of ketones is 4. The number of rotatable bonds is 58. The molecular weight excluding hydrogens is 1510 g/mol. The van der Waals surface area contributed by atoms with Gasteiger partial charge in [0.25, 0.3) is 23.6 Å². The fourth-order valence-corrected chi connectivity index (χ4v) is 11.1. The van der Waals surface area contributed by atoms with E-state index in [1.807, 2.05) is 13.8 Å². The molecule has 2 heterocycles. The summed E-state index contributed by atoms with van der Waals surface area (Å²) in [6.07, 6.45) is -9.83. The Hall–Kier alpha value is -7.36. The van der Waals surface area contributed by atoms with E-state index in [9.17, 15) is 48.6 Å². The maximum absolute atomic E-state index is 13.2. The first kappa shape index (κ1) is 95.5. The van der Waals surface area contributed by atoms with Crippen molar-refractivity contribution in [2.45, 2.75) is 114 Å². The SMILES string of the molecule is CC(C)CCOCC(CON)OCC(COCC(COC(CON)CON)OCC(CON)ON)ON.CC(C)CCOCC(CON1C(=O)c2ccccc2C1=O)OCC(O)COCC(COC(COC1C(=O)c2ccccc2C1=O)COC1C(=O)c2ccccc2C1=O)OCC(O)CON1C(=O)c2ccccc2C1=O.NN. The highest BCUT2D eigenvalue weighted by atomic mass is 16.7. The van der Waals surface area contributed by atoms with Gasteiger partial charge in [-0.05, 0) is 48.9 Å². The summed E-state index contributed by atoms with van der Waals surface area (Å²) in [5.41, 5.74) is 1.40. The topological polar surface area (TPSA) is 576 Å². The van der Waals surface area contributed by atoms with Crippen molar-refractivity contribution in [1.82, 2.24) is 10.1 Å². The van der Waals surface area contributed by atoms with Crippen LogP contribution in [-0.4, -0.2) is 286 Å². The minimum absolute atomic E-state index is 0.00360. The Bertz CT molecular complexity index is 3370. The van der Waals surface area contributed by atoms with Crippen molar-refractivity contribution in [3.05, 3.63) is 142 Å². The van der Waals surface area contributed by atoms with Gasteiger partial charge in [-0.1, -0.05) is 100 Å². The molecule has 0 bridgehead atoms. The van der Waals surface area contributed by atoms with Crippen LogP contribution in [0.5, 0.6) is 0 Å². The van der Waals surface area contributed by atoms with Crippen LogP contribution in [0.15, 0.2) is 97.1 Å². The third kappa shape index (κ3) is 30.3. The van der Waals surface area contributed by atoms with E-state index in [1.165, 1.54) is 48.5 Å². The largest absolute Gasteiger partial charge is 0.388 e. The van der Waals surface area contributed by atoms with Gasteiger partial charge in [-0.15, -0.1) is 10.1 Å². The van der Waals surface area contributed by atoms with E-state index in [4.69, 9.17) is 116 Å². The van der Waals surface area contributed by atoms with Gasteiger partial charge in [0.15, 0.2) is 35.3 Å². The molecule has 4 aromatic carbocycles. The Labute approximate surface area is 658 Å². The van der Waals surface area contributed by atoms with Gasteiger partial charge < -0.3 is 86.4 Å². The van der Waals surface area contributed by atoms with Crippen molar-refractivity contribution < 1.29 is 144 Å². The molecule has 18 N–H and O–H groups in total. The van der Waals surface area contributed by atoms with Crippen LogP contribution in [0, 0.1) is 11.8 Å². The predicted molar refractivity (Wildman–Crippen MR) is 395 cm³/mol. The van der Waals surface area contributed by atoms with Crippen LogP contribution in [-0.2, 0) is 95.5 Å². The summed E-state index contributed by atoms with van der Waals surface area (Å²) in [6, 6.07) is 24.9. The quantitative estimate of drug-likeness (QED) is 0.00871. The lowest BCUT2D eigenvalue weighted by molar-refractivity contribution is -0.155. The molecule has 8 unspecified atom stereocenters. The maximum Gasteiger partial charge on any atom is 0.285 e. The second-order valence-corrected chi connectivity index (χ2v) is 26.9. The predicted octanol–water partition coefficient (Wildman–Crippen LogP) is -0.553. The summed E-state index contributed by atoms with van der Waals surface area (Å²) in [6.45, 7) is 6.72. The molecule has 4 amide bonds. The Kier molecular flexibility index (Phi) is 43.9. The average Bonchev–Trinajstić information content (AvgIpc) is 1.64. The Balaban J connectivity index is 0.000000438. The van der Waals surface area contributed by atoms with E-state index in [0.29, 0.717) is 41.8 Å². The molecule has 0 fully saturated rings. The third-order valence-electron chi connectivity index (χ3n) is 17.2. The number of carbonyl (C=O) groups is 8. The van der Waals surface area contributed by atoms with Gasteiger partial charge in [0, 0.05) is 35.5 Å². The van der Waals surface area contributed by atoms with Crippen molar-refractivity contribution in [3.8, 4) is 0 Å². The van der Waals surface area contributed by atoms with E-state index in [0.717, 1.165) is 12.8 Å². The Morgan fingerprint density at radius 2 is 0.561 bits per heavy atom. The number of amides is 4. The van der Waals surface area contributed by atoms with Crippen molar-refractivity contribution in [2.24, 2.45) is 58.9 Å². The number of fused-ring (bicyclic) bond motifs is 4. The lowest BCUT2D eigenvalue weighted by Crippen LogP contribution is -2.40. The van der Waals surface area contributed by atoms with Crippen LogP contribution in [0.1, 0.15) is 123 Å². The van der Waals surface area contributed by atoms with Gasteiger partial charge in [0.1, 0.15) is 74.3 Å². The normalized spacial score (nSPS) is 16.4. The summed E-state index contributed by atoms with van der Waals surface area (Å²) in [4.78, 5) is 144. The average molecular weight is 1620 g/mol. The second-order valence-electron chi connectivity index (χ2n) is 26.9. The minimum Gasteiger partial charge on any atom is -0.388 e. The number of hydrogen-bond acceptors (Lipinski definition) is 38. The summed E-state index contributed by atoms with van der Waals surface area (Å²) >= 11 is 0. The molecule has 40 heteroatoms. The van der Waals surface area contributed by atoms with Crippen molar-refractivity contribution in [1.29, 1.82) is 0 Å². The van der Waals surface area contributed by atoms with Crippen LogP contribution in [0.25, 0.3) is 0 Å². The number of nitrogens with two attached hydrogens (primary N) is 8. The number of hydroxylamine groups is 4. The number of ether oxygens (including phenoxy) is 12. The number of aliphatic hydroxyl groups excluding tert-OH is 2. The first-order valence-electron chi connectivity index (χ1n) is 36.6. The van der Waals surface area contributed by atoms with Crippen LogP contribution in [0.3, 0.4) is 0 Å². The summed E-state index contributed by atoms with van der Waals surface area (Å²) < 4.78 is 70.1. The van der Waals surface area contributed by atoms with Gasteiger partial charge in [0.2, 0.25) is 0 Å². The molecule has 4 aliphatic rings. The van der Waals surface area contributed by atoms with Crippen molar-refractivity contribution >= 4 is 46.8 Å². The number of imide groups is 2. The van der Waals surface area contributed by atoms with E-state index in [2.05, 4.69) is 40.0 Å². The first-order valence-corrected chi connectivity index (χ1v) is 36.6. The molecule has 0 saturated carbocycles. The lowest BCUT2D eigenvalue weighted by atomic mass is 10.1. The molecular formula is C74H108N10O30. The number of hydrogen-bond donors (Lipinski definition) is 10. The number of nitrogens with zero attached hydrogens (tertiary/aromatic N) is 2. The smallest absolute Gasteiger partial charge is 0.285 e. The van der Waals surface area contributed by atoms with Gasteiger partial charge in [-0.2, -0.15) is 0 Å². The van der Waals surface area contributed by atoms with Crippen LogP contribution < -0.4 is 47.1 Å². The molecule has 8 rings (SSSR count). The molecule has 2 aliphatic carbocycles. The van der Waals surface area contributed by atoms with Crippen LogP contribution in [0.2, 0.25) is 0 Å². The fraction of sp³-hybridized carbons (Fsp3) is 0.568. The molecule has 40 nitrogen and oxygen atoms in total. The number of carbonyl (C=O) groups excluding carboxylic acids is 8. The minimum atomic E-state index is -1.51. The highest BCUT2D eigenvalue weighted by Gasteiger charge is 2.43. The summed E-state index contributed by atoms with van der Waals surface area (Å²) in [5, 5.41) is 23.2. The molecule has 0 aromatic heterocycles. The van der Waals surface area contributed by atoms with E-state index < -0.39 is 146 Å². The summed E-state index contributed by atoms with van der Waals surface area (Å²) in [5.74, 6) is 35.0. The molecule has 2 aliphatic heterocycles. The lowest BCUT2D eigenvalue weighted by Gasteiger charge is -2.26. The number of hydrazine groups is 1. The zero-order valence-electron chi connectivity index (χ0n) is 64.1. The van der Waals surface area contributed by atoms with E-state index >= 15 is 0 Å². The summed E-state index contributed by atoms with van der Waals surface area (Å²) in [7, 11) is 0. The Morgan fingerprint density at radius 1 is 0.307 bits per heavy atom. The molecule has 0 radical (unpaired) electrons. The highest BCUT2D eigenvalue weighted by Crippen LogP contribution is 2.29. The third-order valence-corrected chi connectivity index (χ3v) is 17.2. The standard InChI is InChI=1S/C54H56N2O19.C20H48N6O11.H4N2/c1-31(2)19-20-67-25-35(30-75-56-53(65)43-17-9-10-18-44(43)54(56)66)70-22-32(57)21-68-26-34(69-23-33(58)24-74-55-51(63)41-15-7-8-16-42(41)52(55)64)27-71-36(28-72-49-45(59)37-11-3-4-12-38(37)46(49)60)29-73-50-47(61)39-13-5-6-14-40(39)48(50)62;1-15(2)3-4-27-5-17(11-32-21)31-9-19(36-25)7-28-6-16(30-10-20(37-26)14-35-24)8-29-18(12-33-22)13-34-23;1-2/h3-18,31-36,49-50,57-58H,19-30H2,1-2H3;15-20H,3-14,21-26H2,1-2H3;1-2H2. The molecule has 0 saturated heterocycles. The zero-order valence-corrected chi connectivity index (χ0v) is 64.1. The van der Waals surface area contributed by atoms with Crippen molar-refractivity contribution in [3.63, 3.8) is 0 Å². The number of Topliss-reactive ketones (excluding diaryl/α,β-unsaturated/α-hetero) is 4. The van der Waals surface area contributed by atoms with E-state index in [-0.39, 0.29) is 144 Å². The molecule has 0 spiro atoms. The van der Waals surface area contributed by atoms with Crippen LogP contribution >= 0.6 is 0 Å². The molecule has 114 heavy (non-hydrogen) atoms. The first-order chi connectivity index (χ1) is 55.1. The van der Waals surface area contributed by atoms with Gasteiger partial charge >= 0.3 is 0 Å². The van der Waals surface area contributed by atoms with Gasteiger partial charge in [0.05, 0.1) is 141 Å². The van der Waals surface area contributed by atoms with Gasteiger partial charge in [-0.3, -0.25) is 69.4 Å². The van der Waals surface area contributed by atoms with Crippen LogP contribution in [0.4, 0.5) is 0 Å². The molecule has 4 aromatic rings. The monoisotopic (exact) mass is 1620 g/mol. The second kappa shape index (κ2) is 52.4. The Morgan fingerprint density at radius 3 is 0.912 bits per heavy atom. The highest BCUT2D eigenvalue weighted by molar-refractivity contribution is 6.29. The molecule has 8 atom stereocenters. The maximum atomic E-state index is 13.2. The van der Waals surface area contributed by atoms with E-state index in [1.54, 1.807) is 48.5 Å². The van der Waals surface area contributed by atoms with Crippen molar-refractivity contribution in [2.75, 3.05) is 145 Å². The fourth-order valence-electron chi connectivity index (χ4n) is 11.1. The van der Waals surface area contributed by atoms with Gasteiger partial charge in [-0.25, -0.2) is 35.4 Å². The number of benzene rings is 4. The molecule has 634 valence electrons. The number of aliphatic hydroxyl groups is 2.